The number of rotatable bonds is 6. The van der Waals surface area contributed by atoms with Crippen molar-refractivity contribution in [3.63, 3.8) is 0 Å². The molecule has 2 atom stereocenters. The van der Waals surface area contributed by atoms with Crippen LogP contribution in [-0.2, 0) is 9.47 Å². The molecular formula is C17H14Cl2N2O4. The van der Waals surface area contributed by atoms with Gasteiger partial charge in [-0.2, -0.15) is 0 Å². The van der Waals surface area contributed by atoms with E-state index in [4.69, 9.17) is 32.7 Å². The molecule has 2 heterocycles. The fourth-order valence-corrected chi connectivity index (χ4v) is 3.12. The molecule has 8 heteroatoms. The molecule has 0 aliphatic heterocycles. The zero-order chi connectivity index (χ0) is 17.9. The molecule has 1 fully saturated rings. The second-order valence-corrected chi connectivity index (χ2v) is 7.00. The third kappa shape index (κ3) is 4.08. The van der Waals surface area contributed by atoms with Crippen molar-refractivity contribution in [3.8, 4) is 0 Å². The van der Waals surface area contributed by atoms with Crippen LogP contribution in [0.3, 0.4) is 0 Å². The van der Waals surface area contributed by atoms with Crippen molar-refractivity contribution in [2.75, 3.05) is 13.2 Å². The maximum atomic E-state index is 11.9. The van der Waals surface area contributed by atoms with E-state index in [2.05, 4.69) is 9.97 Å². The molecule has 0 bridgehead atoms. The standard InChI is InChI=1S/C17H14Cl2N2O4/c18-17(19)13(9-24-15(22)11-1-5-20-6-2-11)14(17)10-25-16(23)12-3-7-21-8-4-12/h1-8,13-14H,9-10H2/t13-,14+. The first-order valence-corrected chi connectivity index (χ1v) is 8.28. The fourth-order valence-electron chi connectivity index (χ4n) is 2.39. The van der Waals surface area contributed by atoms with Gasteiger partial charge in [-0.1, -0.05) is 0 Å². The monoisotopic (exact) mass is 380 g/mol. The van der Waals surface area contributed by atoms with Crippen LogP contribution >= 0.6 is 23.2 Å². The molecule has 1 aliphatic rings. The average Bonchev–Trinajstić information content (AvgIpc) is 3.18. The van der Waals surface area contributed by atoms with Crippen LogP contribution < -0.4 is 0 Å². The van der Waals surface area contributed by atoms with Gasteiger partial charge in [0.25, 0.3) is 0 Å². The van der Waals surface area contributed by atoms with Crippen LogP contribution in [0.15, 0.2) is 49.1 Å². The Hall–Kier alpha value is -2.18. The summed E-state index contributed by atoms with van der Waals surface area (Å²) in [6.07, 6.45) is 6.01. The van der Waals surface area contributed by atoms with E-state index in [1.165, 1.54) is 24.8 Å². The van der Waals surface area contributed by atoms with Crippen LogP contribution in [-0.4, -0.2) is 39.5 Å². The topological polar surface area (TPSA) is 78.4 Å². The third-order valence-corrected chi connectivity index (χ3v) is 5.11. The molecule has 0 aromatic carbocycles. The average molecular weight is 381 g/mol. The van der Waals surface area contributed by atoms with Gasteiger partial charge in [-0.15, -0.1) is 23.2 Å². The number of hydrogen-bond donors (Lipinski definition) is 0. The first-order valence-electron chi connectivity index (χ1n) is 7.52. The Kier molecular flexibility index (Phi) is 5.20. The van der Waals surface area contributed by atoms with E-state index >= 15 is 0 Å². The zero-order valence-electron chi connectivity index (χ0n) is 13.0. The minimum Gasteiger partial charge on any atom is -0.462 e. The second kappa shape index (κ2) is 7.37. The molecular weight excluding hydrogens is 367 g/mol. The van der Waals surface area contributed by atoms with E-state index < -0.39 is 16.3 Å². The predicted octanol–water partition coefficient (Wildman–Crippen LogP) is 2.91. The molecule has 25 heavy (non-hydrogen) atoms. The van der Waals surface area contributed by atoms with Crippen molar-refractivity contribution in [2.24, 2.45) is 11.8 Å². The summed E-state index contributed by atoms with van der Waals surface area (Å²) in [7, 11) is 0. The van der Waals surface area contributed by atoms with Gasteiger partial charge in [-0.25, -0.2) is 9.59 Å². The van der Waals surface area contributed by atoms with Crippen molar-refractivity contribution in [1.82, 2.24) is 9.97 Å². The Balaban J connectivity index is 1.49. The molecule has 0 N–H and O–H groups in total. The lowest BCUT2D eigenvalue weighted by Crippen LogP contribution is -2.11. The SMILES string of the molecule is O=C(OC[C@@H]1[C@H](COC(=O)c2ccncc2)C1(Cl)Cl)c1ccncc1. The van der Waals surface area contributed by atoms with Gasteiger partial charge < -0.3 is 9.47 Å². The second-order valence-electron chi connectivity index (χ2n) is 5.56. The lowest BCUT2D eigenvalue weighted by atomic mass is 10.3. The van der Waals surface area contributed by atoms with Crippen molar-refractivity contribution in [2.45, 2.75) is 4.33 Å². The van der Waals surface area contributed by atoms with E-state index in [-0.39, 0.29) is 25.0 Å². The van der Waals surface area contributed by atoms with Crippen LogP contribution in [0.4, 0.5) is 0 Å². The van der Waals surface area contributed by atoms with Gasteiger partial charge in [0.05, 0.1) is 24.3 Å². The number of pyridine rings is 2. The van der Waals surface area contributed by atoms with E-state index in [9.17, 15) is 9.59 Å². The summed E-state index contributed by atoms with van der Waals surface area (Å²) in [4.78, 5) is 31.5. The third-order valence-electron chi connectivity index (χ3n) is 3.99. The van der Waals surface area contributed by atoms with E-state index in [0.29, 0.717) is 11.1 Å². The number of aromatic nitrogens is 2. The first kappa shape index (κ1) is 17.6. The Bertz CT molecular complexity index is 692. The normalized spacial score (nSPS) is 20.6. The number of carbonyl (C=O) groups excluding carboxylic acids is 2. The number of carbonyl (C=O) groups is 2. The number of alkyl halides is 2. The largest absolute Gasteiger partial charge is 0.462 e. The van der Waals surface area contributed by atoms with Crippen molar-refractivity contribution >= 4 is 35.1 Å². The highest BCUT2D eigenvalue weighted by molar-refractivity contribution is 6.51. The lowest BCUT2D eigenvalue weighted by molar-refractivity contribution is 0.0419. The molecule has 0 unspecified atom stereocenters. The van der Waals surface area contributed by atoms with Crippen LogP contribution in [0.25, 0.3) is 0 Å². The maximum absolute atomic E-state index is 11.9. The van der Waals surface area contributed by atoms with E-state index in [1.807, 2.05) is 0 Å². The summed E-state index contributed by atoms with van der Waals surface area (Å²) in [5, 5.41) is 0. The molecule has 0 saturated heterocycles. The molecule has 6 nitrogen and oxygen atoms in total. The minimum atomic E-state index is -1.09. The fraction of sp³-hybridized carbons (Fsp3) is 0.294. The number of halogens is 2. The van der Waals surface area contributed by atoms with Gasteiger partial charge in [0.1, 0.15) is 4.33 Å². The summed E-state index contributed by atoms with van der Waals surface area (Å²) in [6, 6.07) is 6.21. The lowest BCUT2D eigenvalue weighted by Gasteiger charge is -2.05. The molecule has 0 spiro atoms. The summed E-state index contributed by atoms with van der Waals surface area (Å²) in [5.41, 5.74) is 0.789. The quantitative estimate of drug-likeness (QED) is 0.566. The van der Waals surface area contributed by atoms with Crippen LogP contribution in [0.2, 0.25) is 0 Å². The number of hydrogen-bond acceptors (Lipinski definition) is 6. The van der Waals surface area contributed by atoms with Crippen LogP contribution in [0.5, 0.6) is 0 Å². The Morgan fingerprint density at radius 3 is 1.56 bits per heavy atom. The van der Waals surface area contributed by atoms with Gasteiger partial charge in [0.2, 0.25) is 0 Å². The summed E-state index contributed by atoms with van der Waals surface area (Å²) in [5.74, 6) is -1.56. The molecule has 130 valence electrons. The molecule has 0 radical (unpaired) electrons. The van der Waals surface area contributed by atoms with E-state index in [1.54, 1.807) is 24.3 Å². The Labute approximate surface area is 154 Å². The van der Waals surface area contributed by atoms with Gasteiger partial charge in [-0.05, 0) is 24.3 Å². The first-order chi connectivity index (χ1) is 12.0. The minimum absolute atomic E-state index is 0.0473. The van der Waals surface area contributed by atoms with E-state index in [0.717, 1.165) is 0 Å². The summed E-state index contributed by atoms with van der Waals surface area (Å²) >= 11 is 12.4. The molecule has 3 rings (SSSR count). The Morgan fingerprint density at radius 2 is 1.20 bits per heavy atom. The highest BCUT2D eigenvalue weighted by atomic mass is 35.5. The number of nitrogens with zero attached hydrogens (tertiary/aromatic N) is 2. The number of esters is 2. The molecule has 1 aliphatic carbocycles. The predicted molar refractivity (Wildman–Crippen MR) is 90.5 cm³/mol. The van der Waals surface area contributed by atoms with Gasteiger partial charge in [0, 0.05) is 36.6 Å². The van der Waals surface area contributed by atoms with Crippen molar-refractivity contribution in [3.05, 3.63) is 60.2 Å². The molecule has 2 aromatic rings. The highest BCUT2D eigenvalue weighted by Crippen LogP contribution is 2.59. The summed E-state index contributed by atoms with van der Waals surface area (Å²) < 4.78 is 9.36. The zero-order valence-corrected chi connectivity index (χ0v) is 14.5. The Morgan fingerprint density at radius 1 is 0.840 bits per heavy atom. The van der Waals surface area contributed by atoms with Crippen LogP contribution in [0, 0.1) is 11.8 Å². The molecule has 1 saturated carbocycles. The molecule has 0 amide bonds. The van der Waals surface area contributed by atoms with Gasteiger partial charge in [-0.3, -0.25) is 9.97 Å². The van der Waals surface area contributed by atoms with Gasteiger partial charge >= 0.3 is 11.9 Å². The van der Waals surface area contributed by atoms with Crippen LogP contribution in [0.1, 0.15) is 20.7 Å². The maximum Gasteiger partial charge on any atom is 0.338 e. The smallest absolute Gasteiger partial charge is 0.338 e. The highest BCUT2D eigenvalue weighted by Gasteiger charge is 2.64. The van der Waals surface area contributed by atoms with Gasteiger partial charge in [0.15, 0.2) is 0 Å². The summed E-state index contributed by atoms with van der Waals surface area (Å²) in [6.45, 7) is 0.0945. The van der Waals surface area contributed by atoms with Crippen molar-refractivity contribution < 1.29 is 19.1 Å². The number of ether oxygens (including phenoxy) is 2. The van der Waals surface area contributed by atoms with Crippen molar-refractivity contribution in [1.29, 1.82) is 0 Å². The molecule has 2 aromatic heterocycles.